The first kappa shape index (κ1) is 7.13. The van der Waals surface area contributed by atoms with Gasteiger partial charge >= 0.3 is 0 Å². The molecule has 1 heterocycles. The fourth-order valence-electron chi connectivity index (χ4n) is 2.36. The number of hydrogen-bond acceptors (Lipinski definition) is 2. The van der Waals surface area contributed by atoms with E-state index < -0.39 is 0 Å². The zero-order chi connectivity index (χ0) is 8.84. The molecular formula is C11H12N2. The third-order valence-corrected chi connectivity index (χ3v) is 3.10. The van der Waals surface area contributed by atoms with E-state index >= 15 is 0 Å². The highest BCUT2D eigenvalue weighted by atomic mass is 15.2. The van der Waals surface area contributed by atoms with E-state index in [1.54, 1.807) is 0 Å². The Hall–Kier alpha value is -1.31. The summed E-state index contributed by atoms with van der Waals surface area (Å²) in [4.78, 5) is 6.75. The summed E-state index contributed by atoms with van der Waals surface area (Å²) in [6.07, 6.45) is 3.11. The van der Waals surface area contributed by atoms with Crippen molar-refractivity contribution in [3.63, 3.8) is 0 Å². The summed E-state index contributed by atoms with van der Waals surface area (Å²) in [6, 6.07) is 9.63. The standard InChI is InChI=1S/C11H12N2/c1-13-7-12-11-9-5-3-2-4-8(9)6-10(11)13/h2-5,7,10-11H,6H2,1H3. The first-order valence-corrected chi connectivity index (χ1v) is 4.69. The number of fused-ring (bicyclic) bond motifs is 3. The van der Waals surface area contributed by atoms with Crippen LogP contribution < -0.4 is 0 Å². The third kappa shape index (κ3) is 0.857. The van der Waals surface area contributed by atoms with E-state index in [1.807, 2.05) is 6.34 Å². The van der Waals surface area contributed by atoms with Gasteiger partial charge in [-0.15, -0.1) is 0 Å². The van der Waals surface area contributed by atoms with Gasteiger partial charge in [-0.05, 0) is 17.5 Å². The molecule has 0 aromatic heterocycles. The molecule has 0 fully saturated rings. The van der Waals surface area contributed by atoms with Gasteiger partial charge in [-0.25, -0.2) is 0 Å². The first-order valence-electron chi connectivity index (χ1n) is 4.69. The van der Waals surface area contributed by atoms with E-state index in [0.717, 1.165) is 6.42 Å². The van der Waals surface area contributed by atoms with E-state index in [0.29, 0.717) is 12.1 Å². The highest BCUT2D eigenvalue weighted by Crippen LogP contribution is 2.38. The molecule has 0 saturated heterocycles. The summed E-state index contributed by atoms with van der Waals surface area (Å²) in [5.41, 5.74) is 2.90. The molecule has 2 aliphatic rings. The van der Waals surface area contributed by atoms with Crippen LogP contribution in [0.5, 0.6) is 0 Å². The lowest BCUT2D eigenvalue weighted by molar-refractivity contribution is 0.379. The molecule has 2 nitrogen and oxygen atoms in total. The van der Waals surface area contributed by atoms with Crippen LogP contribution in [0.3, 0.4) is 0 Å². The second kappa shape index (κ2) is 2.34. The maximum absolute atomic E-state index is 4.52. The SMILES string of the molecule is CN1C=NC2c3ccccc3CC21. The van der Waals surface area contributed by atoms with Crippen molar-refractivity contribution < 1.29 is 0 Å². The van der Waals surface area contributed by atoms with Crippen molar-refractivity contribution in [2.45, 2.75) is 18.5 Å². The number of nitrogens with zero attached hydrogens (tertiary/aromatic N) is 2. The van der Waals surface area contributed by atoms with Gasteiger partial charge in [-0.2, -0.15) is 0 Å². The minimum Gasteiger partial charge on any atom is -0.360 e. The Morgan fingerprint density at radius 1 is 1.38 bits per heavy atom. The summed E-state index contributed by atoms with van der Waals surface area (Å²) >= 11 is 0. The highest BCUT2D eigenvalue weighted by Gasteiger charge is 2.36. The van der Waals surface area contributed by atoms with E-state index in [2.05, 4.69) is 41.2 Å². The number of likely N-dealkylation sites (N-methyl/N-ethyl adjacent to an activating group) is 1. The lowest BCUT2D eigenvalue weighted by Gasteiger charge is -2.17. The molecule has 0 spiro atoms. The molecule has 1 aromatic carbocycles. The Morgan fingerprint density at radius 2 is 2.23 bits per heavy atom. The van der Waals surface area contributed by atoms with Crippen LogP contribution in [0.25, 0.3) is 0 Å². The van der Waals surface area contributed by atoms with Gasteiger partial charge in [0.2, 0.25) is 0 Å². The molecule has 0 bridgehead atoms. The van der Waals surface area contributed by atoms with E-state index in [1.165, 1.54) is 11.1 Å². The molecule has 2 unspecified atom stereocenters. The van der Waals surface area contributed by atoms with Gasteiger partial charge in [0.1, 0.15) is 0 Å². The van der Waals surface area contributed by atoms with Gasteiger partial charge in [0.15, 0.2) is 0 Å². The maximum atomic E-state index is 4.52. The maximum Gasteiger partial charge on any atom is 0.0975 e. The van der Waals surface area contributed by atoms with Crippen LogP contribution in [-0.2, 0) is 6.42 Å². The van der Waals surface area contributed by atoms with E-state index in [4.69, 9.17) is 0 Å². The zero-order valence-corrected chi connectivity index (χ0v) is 7.64. The van der Waals surface area contributed by atoms with Crippen molar-refractivity contribution in [1.29, 1.82) is 0 Å². The quantitative estimate of drug-likeness (QED) is 0.580. The molecule has 0 N–H and O–H groups in total. The largest absolute Gasteiger partial charge is 0.360 e. The van der Waals surface area contributed by atoms with Crippen LogP contribution in [0, 0.1) is 0 Å². The second-order valence-corrected chi connectivity index (χ2v) is 3.85. The monoisotopic (exact) mass is 172 g/mol. The molecular weight excluding hydrogens is 160 g/mol. The summed E-state index contributed by atoms with van der Waals surface area (Å²) < 4.78 is 0. The average Bonchev–Trinajstić information content (AvgIpc) is 2.67. The molecule has 3 rings (SSSR count). The molecule has 66 valence electrons. The molecule has 0 radical (unpaired) electrons. The highest BCUT2D eigenvalue weighted by molar-refractivity contribution is 5.61. The van der Waals surface area contributed by atoms with Gasteiger partial charge < -0.3 is 4.90 Å². The van der Waals surface area contributed by atoms with Gasteiger partial charge in [0.25, 0.3) is 0 Å². The lowest BCUT2D eigenvalue weighted by Crippen LogP contribution is -2.27. The molecule has 13 heavy (non-hydrogen) atoms. The smallest absolute Gasteiger partial charge is 0.0975 e. The third-order valence-electron chi connectivity index (χ3n) is 3.10. The van der Waals surface area contributed by atoms with Gasteiger partial charge in [-0.3, -0.25) is 4.99 Å². The van der Waals surface area contributed by atoms with Crippen LogP contribution in [0.15, 0.2) is 29.3 Å². The van der Waals surface area contributed by atoms with Crippen LogP contribution in [0.4, 0.5) is 0 Å². The molecule has 1 aliphatic heterocycles. The Morgan fingerprint density at radius 3 is 3.15 bits per heavy atom. The number of aliphatic imine (C=N–C) groups is 1. The van der Waals surface area contributed by atoms with Crippen molar-refractivity contribution in [1.82, 2.24) is 4.90 Å². The second-order valence-electron chi connectivity index (χ2n) is 3.85. The Labute approximate surface area is 77.9 Å². The Kier molecular flexibility index (Phi) is 1.29. The number of benzene rings is 1. The van der Waals surface area contributed by atoms with Gasteiger partial charge in [0, 0.05) is 7.05 Å². The summed E-state index contributed by atoms with van der Waals surface area (Å²) in [7, 11) is 2.11. The normalized spacial score (nSPS) is 29.2. The van der Waals surface area contributed by atoms with Crippen LogP contribution in [-0.4, -0.2) is 24.3 Å². The minimum atomic E-state index is 0.404. The topological polar surface area (TPSA) is 15.6 Å². The number of rotatable bonds is 0. The zero-order valence-electron chi connectivity index (χ0n) is 7.64. The summed E-state index contributed by atoms with van der Waals surface area (Å²) in [5.74, 6) is 0. The number of hydrogen-bond donors (Lipinski definition) is 0. The van der Waals surface area contributed by atoms with Crippen molar-refractivity contribution in [3.8, 4) is 0 Å². The molecule has 0 amide bonds. The van der Waals surface area contributed by atoms with Crippen molar-refractivity contribution in [2.75, 3.05) is 7.05 Å². The molecule has 2 atom stereocenters. The first-order chi connectivity index (χ1) is 6.36. The molecule has 0 saturated carbocycles. The van der Waals surface area contributed by atoms with Crippen LogP contribution >= 0.6 is 0 Å². The van der Waals surface area contributed by atoms with E-state index in [9.17, 15) is 0 Å². The fourth-order valence-corrected chi connectivity index (χ4v) is 2.36. The average molecular weight is 172 g/mol. The minimum absolute atomic E-state index is 0.404. The Balaban J connectivity index is 2.09. The predicted octanol–water partition coefficient (Wildman–Crippen LogP) is 1.63. The molecule has 1 aromatic rings. The van der Waals surface area contributed by atoms with Crippen LogP contribution in [0.2, 0.25) is 0 Å². The summed E-state index contributed by atoms with van der Waals surface area (Å²) in [6.45, 7) is 0. The van der Waals surface area contributed by atoms with Gasteiger partial charge in [-0.1, -0.05) is 24.3 Å². The van der Waals surface area contributed by atoms with Crippen molar-refractivity contribution in [2.24, 2.45) is 4.99 Å². The lowest BCUT2D eigenvalue weighted by atomic mass is 10.1. The molecule has 2 heteroatoms. The Bertz CT molecular complexity index is 370. The van der Waals surface area contributed by atoms with Crippen molar-refractivity contribution >= 4 is 6.34 Å². The summed E-state index contributed by atoms with van der Waals surface area (Å²) in [5, 5.41) is 0. The van der Waals surface area contributed by atoms with Crippen LogP contribution in [0.1, 0.15) is 17.2 Å². The van der Waals surface area contributed by atoms with Crippen molar-refractivity contribution in [3.05, 3.63) is 35.4 Å². The fraction of sp³-hybridized carbons (Fsp3) is 0.364. The predicted molar refractivity (Wildman–Crippen MR) is 52.9 cm³/mol. The van der Waals surface area contributed by atoms with Gasteiger partial charge in [0.05, 0.1) is 18.4 Å². The van der Waals surface area contributed by atoms with E-state index in [-0.39, 0.29) is 0 Å². The molecule has 1 aliphatic carbocycles.